The van der Waals surface area contributed by atoms with E-state index in [0.717, 1.165) is 35.1 Å². The Kier molecular flexibility index (Phi) is 11.5. The SMILES string of the molecule is CCNC(=NCc1cccc(OCc2ccccn2)c1)NCC(CO)c1ccccc1.I. The first-order chi connectivity index (χ1) is 15.3. The normalized spacial score (nSPS) is 11.9. The molecule has 32 heavy (non-hydrogen) atoms. The molecule has 170 valence electrons. The van der Waals surface area contributed by atoms with Crippen molar-refractivity contribution in [3.05, 3.63) is 95.8 Å². The number of pyridine rings is 1. The lowest BCUT2D eigenvalue weighted by Crippen LogP contribution is -2.39. The van der Waals surface area contributed by atoms with E-state index in [1.54, 1.807) is 6.20 Å². The van der Waals surface area contributed by atoms with Gasteiger partial charge in [-0.3, -0.25) is 4.98 Å². The smallest absolute Gasteiger partial charge is 0.191 e. The number of rotatable bonds is 10. The van der Waals surface area contributed by atoms with E-state index in [-0.39, 0.29) is 36.5 Å². The van der Waals surface area contributed by atoms with E-state index in [9.17, 15) is 5.11 Å². The zero-order valence-electron chi connectivity index (χ0n) is 18.3. The van der Waals surface area contributed by atoms with Gasteiger partial charge in [-0.25, -0.2) is 4.99 Å². The number of benzene rings is 2. The first-order valence-electron chi connectivity index (χ1n) is 10.6. The van der Waals surface area contributed by atoms with Crippen molar-refractivity contribution in [1.82, 2.24) is 15.6 Å². The van der Waals surface area contributed by atoms with Crippen LogP contribution in [0.4, 0.5) is 0 Å². The maximum Gasteiger partial charge on any atom is 0.191 e. The van der Waals surface area contributed by atoms with Crippen LogP contribution in [0.25, 0.3) is 0 Å². The third-order valence-corrected chi connectivity index (χ3v) is 4.78. The van der Waals surface area contributed by atoms with Gasteiger partial charge in [0.25, 0.3) is 0 Å². The molecule has 0 radical (unpaired) electrons. The molecule has 1 atom stereocenters. The summed E-state index contributed by atoms with van der Waals surface area (Å²) in [7, 11) is 0. The average molecular weight is 546 g/mol. The zero-order chi connectivity index (χ0) is 21.7. The molecule has 7 heteroatoms. The van der Waals surface area contributed by atoms with E-state index < -0.39 is 0 Å². The topological polar surface area (TPSA) is 78.8 Å². The molecule has 3 rings (SSSR count). The Labute approximate surface area is 207 Å². The average Bonchev–Trinajstić information content (AvgIpc) is 2.83. The minimum absolute atomic E-state index is 0. The summed E-state index contributed by atoms with van der Waals surface area (Å²) in [5, 5.41) is 16.4. The number of guanidine groups is 1. The molecule has 1 heterocycles. The van der Waals surface area contributed by atoms with Gasteiger partial charge in [-0.15, -0.1) is 24.0 Å². The quantitative estimate of drug-likeness (QED) is 0.203. The lowest BCUT2D eigenvalue weighted by Gasteiger charge is -2.18. The molecule has 3 N–H and O–H groups in total. The van der Waals surface area contributed by atoms with Crippen LogP contribution in [0.15, 0.2) is 84.0 Å². The van der Waals surface area contributed by atoms with Crippen LogP contribution in [0.2, 0.25) is 0 Å². The Morgan fingerprint density at radius 1 is 1.03 bits per heavy atom. The minimum atomic E-state index is 0. The molecule has 2 aromatic carbocycles. The summed E-state index contributed by atoms with van der Waals surface area (Å²) in [5.74, 6) is 1.52. The minimum Gasteiger partial charge on any atom is -0.487 e. The molecular formula is C25H31IN4O2. The summed E-state index contributed by atoms with van der Waals surface area (Å²) in [6.45, 7) is 4.41. The molecule has 0 fully saturated rings. The van der Waals surface area contributed by atoms with E-state index in [1.807, 2.05) is 79.7 Å². The predicted molar refractivity (Wildman–Crippen MR) is 140 cm³/mol. The van der Waals surface area contributed by atoms with Crippen molar-refractivity contribution in [2.45, 2.75) is 26.0 Å². The van der Waals surface area contributed by atoms with Crippen LogP contribution < -0.4 is 15.4 Å². The monoisotopic (exact) mass is 546 g/mol. The summed E-state index contributed by atoms with van der Waals surface area (Å²) >= 11 is 0. The second-order valence-electron chi connectivity index (χ2n) is 7.12. The number of hydrogen-bond acceptors (Lipinski definition) is 4. The number of nitrogens with one attached hydrogen (secondary N) is 2. The van der Waals surface area contributed by atoms with Gasteiger partial charge in [0, 0.05) is 25.2 Å². The summed E-state index contributed by atoms with van der Waals surface area (Å²) in [5.41, 5.74) is 3.05. The molecule has 0 amide bonds. The maximum atomic E-state index is 9.77. The molecule has 6 nitrogen and oxygen atoms in total. The highest BCUT2D eigenvalue weighted by Gasteiger charge is 2.10. The standard InChI is InChI=1S/C25H30N4O2.HI/c1-2-26-25(29-17-22(18-30)21-10-4-3-5-11-21)28-16-20-9-8-13-24(15-20)31-19-23-12-6-7-14-27-23;/h3-15,22,30H,2,16-19H2,1H3,(H2,26,28,29);1H. The van der Waals surface area contributed by atoms with E-state index in [0.29, 0.717) is 19.7 Å². The van der Waals surface area contributed by atoms with Crippen molar-refractivity contribution in [2.24, 2.45) is 4.99 Å². The van der Waals surface area contributed by atoms with Gasteiger partial charge >= 0.3 is 0 Å². The summed E-state index contributed by atoms with van der Waals surface area (Å²) in [4.78, 5) is 8.97. The number of aromatic nitrogens is 1. The van der Waals surface area contributed by atoms with Gasteiger partial charge in [-0.1, -0.05) is 48.5 Å². The third kappa shape index (κ3) is 8.47. The summed E-state index contributed by atoms with van der Waals surface area (Å²) in [6, 6.07) is 23.7. The molecular weight excluding hydrogens is 515 g/mol. The molecule has 0 aliphatic heterocycles. The molecule has 0 aliphatic rings. The fourth-order valence-corrected chi connectivity index (χ4v) is 3.12. The molecule has 1 unspecified atom stereocenters. The van der Waals surface area contributed by atoms with Gasteiger partial charge in [-0.05, 0) is 42.3 Å². The molecule has 0 aliphatic carbocycles. The molecule has 1 aromatic heterocycles. The number of nitrogens with zero attached hydrogens (tertiary/aromatic N) is 2. The molecule has 3 aromatic rings. The number of halogens is 1. The van der Waals surface area contributed by atoms with Crippen molar-refractivity contribution < 1.29 is 9.84 Å². The fraction of sp³-hybridized carbons (Fsp3) is 0.280. The predicted octanol–water partition coefficient (Wildman–Crippen LogP) is 4.11. The van der Waals surface area contributed by atoms with Gasteiger partial charge in [0.15, 0.2) is 5.96 Å². The maximum absolute atomic E-state index is 9.77. The molecule has 0 saturated carbocycles. The van der Waals surface area contributed by atoms with E-state index >= 15 is 0 Å². The Morgan fingerprint density at radius 2 is 1.84 bits per heavy atom. The number of hydrogen-bond donors (Lipinski definition) is 3. The molecule has 0 bridgehead atoms. The van der Waals surface area contributed by atoms with E-state index in [1.165, 1.54) is 0 Å². The second kappa shape index (κ2) is 14.4. The largest absolute Gasteiger partial charge is 0.487 e. The highest BCUT2D eigenvalue weighted by atomic mass is 127. The van der Waals surface area contributed by atoms with Crippen LogP contribution in [0, 0.1) is 0 Å². The van der Waals surface area contributed by atoms with Crippen LogP contribution in [0.5, 0.6) is 5.75 Å². The van der Waals surface area contributed by atoms with Gasteiger partial charge in [0.1, 0.15) is 12.4 Å². The van der Waals surface area contributed by atoms with E-state index in [4.69, 9.17) is 4.74 Å². The summed E-state index contributed by atoms with van der Waals surface area (Å²) in [6.07, 6.45) is 1.76. The zero-order valence-corrected chi connectivity index (χ0v) is 20.6. The van der Waals surface area contributed by atoms with Gasteiger partial charge in [-0.2, -0.15) is 0 Å². The summed E-state index contributed by atoms with van der Waals surface area (Å²) < 4.78 is 5.86. The van der Waals surface area contributed by atoms with Crippen molar-refractivity contribution in [2.75, 3.05) is 19.7 Å². The van der Waals surface area contributed by atoms with Crippen molar-refractivity contribution in [3.63, 3.8) is 0 Å². The number of aliphatic imine (C=N–C) groups is 1. The lowest BCUT2D eigenvalue weighted by molar-refractivity contribution is 0.265. The Hall–Kier alpha value is -2.65. The number of ether oxygens (including phenoxy) is 1. The Balaban J connectivity index is 0.00000363. The number of aliphatic hydroxyl groups excluding tert-OH is 1. The van der Waals surface area contributed by atoms with Crippen LogP contribution >= 0.6 is 24.0 Å². The lowest BCUT2D eigenvalue weighted by atomic mass is 10.0. The van der Waals surface area contributed by atoms with Crippen LogP contribution in [0.1, 0.15) is 29.7 Å². The van der Waals surface area contributed by atoms with Crippen molar-refractivity contribution in [1.29, 1.82) is 0 Å². The van der Waals surface area contributed by atoms with Gasteiger partial charge < -0.3 is 20.5 Å². The number of aliphatic hydroxyl groups is 1. The van der Waals surface area contributed by atoms with Gasteiger partial charge in [0.2, 0.25) is 0 Å². The van der Waals surface area contributed by atoms with Crippen molar-refractivity contribution >= 4 is 29.9 Å². The first-order valence-corrected chi connectivity index (χ1v) is 10.6. The fourth-order valence-electron chi connectivity index (χ4n) is 3.12. The Morgan fingerprint density at radius 3 is 2.56 bits per heavy atom. The third-order valence-electron chi connectivity index (χ3n) is 4.78. The van der Waals surface area contributed by atoms with E-state index in [2.05, 4.69) is 20.6 Å². The first kappa shape index (κ1) is 25.6. The highest BCUT2D eigenvalue weighted by Crippen LogP contribution is 2.16. The highest BCUT2D eigenvalue weighted by molar-refractivity contribution is 14.0. The van der Waals surface area contributed by atoms with Crippen LogP contribution in [-0.2, 0) is 13.2 Å². The van der Waals surface area contributed by atoms with Crippen LogP contribution in [-0.4, -0.2) is 35.7 Å². The molecule has 0 saturated heterocycles. The second-order valence-corrected chi connectivity index (χ2v) is 7.12. The van der Waals surface area contributed by atoms with Gasteiger partial charge in [0.05, 0.1) is 18.8 Å². The Bertz CT molecular complexity index is 939. The molecule has 0 spiro atoms. The van der Waals surface area contributed by atoms with Crippen molar-refractivity contribution in [3.8, 4) is 5.75 Å². The van der Waals surface area contributed by atoms with Crippen LogP contribution in [0.3, 0.4) is 0 Å².